The lowest BCUT2D eigenvalue weighted by atomic mass is 10.2. The maximum Gasteiger partial charge on any atom is 0.237 e. The number of amides is 2. The van der Waals surface area contributed by atoms with Crippen LogP contribution in [0.5, 0.6) is 0 Å². The van der Waals surface area contributed by atoms with Crippen LogP contribution in [0.15, 0.2) is 24.3 Å². The molecule has 1 aliphatic rings. The molecule has 6 nitrogen and oxygen atoms in total. The molecule has 1 aliphatic heterocycles. The molecule has 1 aromatic carbocycles. The van der Waals surface area contributed by atoms with Crippen LogP contribution in [0.4, 0.5) is 11.4 Å². The number of nitrogens with two attached hydrogens (primary N) is 1. The highest BCUT2D eigenvalue weighted by Gasteiger charge is 2.29. The molecule has 0 spiro atoms. The number of nitrogens with one attached hydrogen (secondary N) is 2. The first-order valence-electron chi connectivity index (χ1n) is 7.21. The third kappa shape index (κ3) is 4.19. The van der Waals surface area contributed by atoms with E-state index in [1.165, 1.54) is 0 Å². The van der Waals surface area contributed by atoms with E-state index < -0.39 is 0 Å². The molecule has 0 saturated carbocycles. The van der Waals surface area contributed by atoms with Crippen LogP contribution in [0.25, 0.3) is 0 Å². The largest absolute Gasteiger partial charge is 0.399 e. The molecule has 2 amide bonds. The molecular weight excluding hydrogens is 268 g/mol. The van der Waals surface area contributed by atoms with Gasteiger partial charge in [0.05, 0.1) is 6.04 Å². The zero-order valence-electron chi connectivity index (χ0n) is 12.3. The zero-order chi connectivity index (χ0) is 15.2. The minimum absolute atomic E-state index is 0.0337. The number of benzene rings is 1. The molecule has 0 bridgehead atoms. The number of rotatable bonds is 5. The van der Waals surface area contributed by atoms with Crippen LogP contribution >= 0.6 is 0 Å². The van der Waals surface area contributed by atoms with E-state index in [1.54, 1.807) is 31.3 Å². The van der Waals surface area contributed by atoms with Crippen LogP contribution in [-0.4, -0.2) is 42.9 Å². The van der Waals surface area contributed by atoms with Gasteiger partial charge in [-0.1, -0.05) is 0 Å². The van der Waals surface area contributed by atoms with Crippen molar-refractivity contribution in [3.63, 3.8) is 0 Å². The topological polar surface area (TPSA) is 87.5 Å². The van der Waals surface area contributed by atoms with Gasteiger partial charge in [-0.25, -0.2) is 0 Å². The Hall–Kier alpha value is -2.08. The molecule has 0 radical (unpaired) electrons. The highest BCUT2D eigenvalue weighted by Crippen LogP contribution is 2.18. The highest BCUT2D eigenvalue weighted by atomic mass is 16.2. The summed E-state index contributed by atoms with van der Waals surface area (Å²) in [6.07, 6.45) is 2.23. The first-order chi connectivity index (χ1) is 10.1. The fourth-order valence-electron chi connectivity index (χ4n) is 2.59. The Morgan fingerprint density at radius 2 is 2.05 bits per heavy atom. The van der Waals surface area contributed by atoms with Gasteiger partial charge in [0.1, 0.15) is 0 Å². The number of hydrogen-bond acceptors (Lipinski definition) is 4. The van der Waals surface area contributed by atoms with E-state index >= 15 is 0 Å². The van der Waals surface area contributed by atoms with Crippen LogP contribution in [-0.2, 0) is 9.59 Å². The molecule has 2 rings (SSSR count). The highest BCUT2D eigenvalue weighted by molar-refractivity contribution is 5.91. The summed E-state index contributed by atoms with van der Waals surface area (Å²) < 4.78 is 0. The summed E-state index contributed by atoms with van der Waals surface area (Å²) in [6.45, 7) is 1.46. The minimum atomic E-state index is -0.0978. The van der Waals surface area contributed by atoms with Crippen molar-refractivity contribution in [3.8, 4) is 0 Å². The fraction of sp³-hybridized carbons (Fsp3) is 0.467. The smallest absolute Gasteiger partial charge is 0.237 e. The second kappa shape index (κ2) is 7.08. The molecule has 21 heavy (non-hydrogen) atoms. The summed E-state index contributed by atoms with van der Waals surface area (Å²) in [6, 6.07) is 6.95. The maximum atomic E-state index is 11.9. The van der Waals surface area contributed by atoms with E-state index in [4.69, 9.17) is 5.73 Å². The van der Waals surface area contributed by atoms with Crippen molar-refractivity contribution in [3.05, 3.63) is 24.3 Å². The molecule has 1 unspecified atom stereocenters. The molecule has 1 saturated heterocycles. The molecule has 1 atom stereocenters. The molecule has 1 fully saturated rings. The second-order valence-electron chi connectivity index (χ2n) is 5.23. The second-order valence-corrected chi connectivity index (χ2v) is 5.23. The van der Waals surface area contributed by atoms with Gasteiger partial charge in [-0.3, -0.25) is 14.5 Å². The van der Waals surface area contributed by atoms with Crippen LogP contribution < -0.4 is 16.4 Å². The van der Waals surface area contributed by atoms with Crippen molar-refractivity contribution in [2.24, 2.45) is 0 Å². The first kappa shape index (κ1) is 15.3. The van der Waals surface area contributed by atoms with E-state index in [2.05, 4.69) is 15.5 Å². The number of anilines is 2. The molecule has 6 heteroatoms. The average Bonchev–Trinajstić information content (AvgIpc) is 2.95. The van der Waals surface area contributed by atoms with Crippen LogP contribution in [0.1, 0.15) is 19.3 Å². The monoisotopic (exact) mass is 290 g/mol. The van der Waals surface area contributed by atoms with Crippen molar-refractivity contribution < 1.29 is 9.59 Å². The van der Waals surface area contributed by atoms with Gasteiger partial charge in [-0.05, 0) is 43.7 Å². The number of carbonyl (C=O) groups excluding carboxylic acids is 2. The van der Waals surface area contributed by atoms with Crippen LogP contribution in [0.3, 0.4) is 0 Å². The van der Waals surface area contributed by atoms with Gasteiger partial charge < -0.3 is 16.4 Å². The Morgan fingerprint density at radius 3 is 2.71 bits per heavy atom. The summed E-state index contributed by atoms with van der Waals surface area (Å²) in [5.41, 5.74) is 7.00. The van der Waals surface area contributed by atoms with Gasteiger partial charge in [0, 0.05) is 31.4 Å². The van der Waals surface area contributed by atoms with Gasteiger partial charge in [-0.15, -0.1) is 0 Å². The summed E-state index contributed by atoms with van der Waals surface area (Å²) in [7, 11) is 1.65. The Morgan fingerprint density at radius 1 is 1.33 bits per heavy atom. The minimum Gasteiger partial charge on any atom is -0.399 e. The lowest BCUT2D eigenvalue weighted by Gasteiger charge is -2.22. The third-order valence-corrected chi connectivity index (χ3v) is 3.73. The predicted octanol–water partition coefficient (Wildman–Crippen LogP) is 0.808. The lowest BCUT2D eigenvalue weighted by Crippen LogP contribution is -2.42. The van der Waals surface area contributed by atoms with E-state index in [1.807, 2.05) is 0 Å². The first-order valence-corrected chi connectivity index (χ1v) is 7.21. The third-order valence-electron chi connectivity index (χ3n) is 3.73. The van der Waals surface area contributed by atoms with E-state index in [9.17, 15) is 9.59 Å². The molecule has 0 aliphatic carbocycles. The number of likely N-dealkylation sites (N-methyl/N-ethyl adjacent to an activating group) is 1. The van der Waals surface area contributed by atoms with Crippen molar-refractivity contribution >= 4 is 23.2 Å². The van der Waals surface area contributed by atoms with Crippen molar-refractivity contribution in [1.82, 2.24) is 10.2 Å². The number of hydrogen-bond donors (Lipinski definition) is 3. The van der Waals surface area contributed by atoms with E-state index in [-0.39, 0.29) is 17.9 Å². The van der Waals surface area contributed by atoms with Crippen LogP contribution in [0, 0.1) is 0 Å². The number of nitrogen functional groups attached to an aromatic ring is 1. The maximum absolute atomic E-state index is 11.9. The predicted molar refractivity (Wildman–Crippen MR) is 82.8 cm³/mol. The van der Waals surface area contributed by atoms with Crippen molar-refractivity contribution in [1.29, 1.82) is 0 Å². The normalized spacial score (nSPS) is 18.4. The van der Waals surface area contributed by atoms with Gasteiger partial charge in [0.25, 0.3) is 0 Å². The molecule has 1 heterocycles. The SMILES string of the molecule is CNC(=O)C1CCCN1CCC(=O)Nc1ccc(N)cc1. The summed E-state index contributed by atoms with van der Waals surface area (Å²) >= 11 is 0. The Kier molecular flexibility index (Phi) is 5.16. The number of likely N-dealkylation sites (tertiary alicyclic amines) is 1. The molecule has 1 aromatic rings. The van der Waals surface area contributed by atoms with Gasteiger partial charge >= 0.3 is 0 Å². The summed E-state index contributed by atoms with van der Waals surface area (Å²) in [4.78, 5) is 25.7. The molecule has 114 valence electrons. The molecular formula is C15H22N4O2. The van der Waals surface area contributed by atoms with Gasteiger partial charge in [0.15, 0.2) is 0 Å². The standard InChI is InChI=1S/C15H22N4O2/c1-17-15(21)13-3-2-9-19(13)10-8-14(20)18-12-6-4-11(16)5-7-12/h4-7,13H,2-3,8-10,16H2,1H3,(H,17,21)(H,18,20). The number of carbonyl (C=O) groups is 2. The van der Waals surface area contributed by atoms with Gasteiger partial charge in [0.2, 0.25) is 11.8 Å². The van der Waals surface area contributed by atoms with E-state index in [0.717, 1.165) is 25.1 Å². The quantitative estimate of drug-likeness (QED) is 0.700. The Balaban J connectivity index is 1.80. The fourth-order valence-corrected chi connectivity index (χ4v) is 2.59. The summed E-state index contributed by atoms with van der Waals surface area (Å²) in [5.74, 6) is -0.0197. The zero-order valence-corrected chi connectivity index (χ0v) is 12.3. The Labute approximate surface area is 124 Å². The summed E-state index contributed by atoms with van der Waals surface area (Å²) in [5, 5.41) is 5.51. The Bertz CT molecular complexity index is 501. The van der Waals surface area contributed by atoms with Crippen LogP contribution in [0.2, 0.25) is 0 Å². The van der Waals surface area contributed by atoms with Crippen molar-refractivity contribution in [2.75, 3.05) is 31.2 Å². The molecule has 0 aromatic heterocycles. The average molecular weight is 290 g/mol. The lowest BCUT2D eigenvalue weighted by molar-refractivity contribution is -0.125. The van der Waals surface area contributed by atoms with E-state index in [0.29, 0.717) is 18.7 Å². The van der Waals surface area contributed by atoms with Crippen molar-refractivity contribution in [2.45, 2.75) is 25.3 Å². The molecule has 4 N–H and O–H groups in total. The number of nitrogens with zero attached hydrogens (tertiary/aromatic N) is 1. The van der Waals surface area contributed by atoms with Gasteiger partial charge in [-0.2, -0.15) is 0 Å².